The van der Waals surface area contributed by atoms with Crippen LogP contribution in [-0.4, -0.2) is 30.2 Å². The molecule has 0 amide bonds. The Kier molecular flexibility index (Phi) is 7.08. The predicted octanol–water partition coefficient (Wildman–Crippen LogP) is 5.17. The van der Waals surface area contributed by atoms with Crippen LogP contribution in [0.15, 0.2) is 48.5 Å². The van der Waals surface area contributed by atoms with E-state index in [0.29, 0.717) is 21.2 Å². The number of nitrogens with zero attached hydrogens (tertiary/aromatic N) is 1. The number of carbonyl (C=O) groups is 2. The minimum atomic E-state index is -5.35. The van der Waals surface area contributed by atoms with Gasteiger partial charge in [0.15, 0.2) is 0 Å². The van der Waals surface area contributed by atoms with Gasteiger partial charge in [-0.2, -0.15) is 18.4 Å². The second-order valence-corrected chi connectivity index (χ2v) is 8.97. The first-order chi connectivity index (χ1) is 15.4. The van der Waals surface area contributed by atoms with E-state index in [2.05, 4.69) is 16.1 Å². The maximum atomic E-state index is 12.9. The number of carbonyl (C=O) groups excluding carboxylic acids is 2. The number of hydrogen-bond donors (Lipinski definition) is 1. The molecule has 1 aliphatic rings. The summed E-state index contributed by atoms with van der Waals surface area (Å²) < 4.78 is 42.5. The van der Waals surface area contributed by atoms with Crippen molar-refractivity contribution in [3.05, 3.63) is 69.7 Å². The number of benzene rings is 2. The maximum absolute atomic E-state index is 12.9. The molecule has 33 heavy (non-hydrogen) atoms. The molecule has 2 aromatic carbocycles. The summed E-state index contributed by atoms with van der Waals surface area (Å²) in [6.45, 7) is 3.62. The molecular formula is C23H19Cl2F3N2O3. The van der Waals surface area contributed by atoms with E-state index in [-0.39, 0.29) is 5.92 Å². The second kappa shape index (κ2) is 9.34. The number of alkyl halides is 3. The highest BCUT2D eigenvalue weighted by molar-refractivity contribution is 6.30. The fraction of sp³-hybridized carbons (Fsp3) is 0.348. The van der Waals surface area contributed by atoms with Crippen molar-refractivity contribution in [2.45, 2.75) is 43.4 Å². The average molecular weight is 499 g/mol. The van der Waals surface area contributed by atoms with E-state index in [9.17, 15) is 28.0 Å². The molecule has 0 spiro atoms. The van der Waals surface area contributed by atoms with Gasteiger partial charge in [0.1, 0.15) is 11.5 Å². The first-order valence-electron chi connectivity index (χ1n) is 9.93. The Bertz CT molecular complexity index is 1100. The summed E-state index contributed by atoms with van der Waals surface area (Å²) in [4.78, 5) is 24.2. The van der Waals surface area contributed by atoms with Crippen molar-refractivity contribution in [1.82, 2.24) is 5.32 Å². The molecule has 1 fully saturated rings. The monoisotopic (exact) mass is 498 g/mol. The molecule has 5 nitrogen and oxygen atoms in total. The first-order valence-corrected chi connectivity index (χ1v) is 10.7. The van der Waals surface area contributed by atoms with E-state index in [1.165, 1.54) is 6.07 Å². The number of halogens is 5. The maximum Gasteiger partial charge on any atom is 0.491 e. The molecule has 4 atom stereocenters. The quantitative estimate of drug-likeness (QED) is 0.464. The molecule has 1 heterocycles. The molecule has 2 aromatic rings. The highest BCUT2D eigenvalue weighted by Crippen LogP contribution is 2.51. The lowest BCUT2D eigenvalue weighted by Gasteiger charge is -2.36. The minimum Gasteiger partial charge on any atom is -0.385 e. The van der Waals surface area contributed by atoms with Crippen LogP contribution in [0.4, 0.5) is 13.2 Å². The lowest BCUT2D eigenvalue weighted by Crippen LogP contribution is -2.45. The molecule has 174 valence electrons. The van der Waals surface area contributed by atoms with Gasteiger partial charge in [0.25, 0.3) is 0 Å². The molecule has 0 aromatic heterocycles. The van der Waals surface area contributed by atoms with Crippen molar-refractivity contribution in [3.63, 3.8) is 0 Å². The van der Waals surface area contributed by atoms with Crippen LogP contribution in [0.25, 0.3) is 0 Å². The summed E-state index contributed by atoms with van der Waals surface area (Å²) in [5, 5.41) is 14.2. The number of esters is 2. The Balaban J connectivity index is 2.22. The molecule has 0 radical (unpaired) electrons. The van der Waals surface area contributed by atoms with Gasteiger partial charge >= 0.3 is 18.1 Å². The third-order valence-corrected chi connectivity index (χ3v) is 6.22. The van der Waals surface area contributed by atoms with Crippen LogP contribution in [0, 0.1) is 17.2 Å². The second-order valence-electron chi connectivity index (χ2n) is 8.09. The lowest BCUT2D eigenvalue weighted by atomic mass is 9.63. The third-order valence-electron chi connectivity index (χ3n) is 5.73. The van der Waals surface area contributed by atoms with E-state index in [1.807, 2.05) is 13.8 Å². The van der Waals surface area contributed by atoms with Gasteiger partial charge in [-0.25, -0.2) is 9.59 Å². The van der Waals surface area contributed by atoms with Crippen LogP contribution in [0.5, 0.6) is 0 Å². The highest BCUT2D eigenvalue weighted by atomic mass is 35.5. The zero-order valence-electron chi connectivity index (χ0n) is 17.5. The van der Waals surface area contributed by atoms with E-state index in [4.69, 9.17) is 23.2 Å². The highest BCUT2D eigenvalue weighted by Gasteiger charge is 2.61. The Morgan fingerprint density at radius 2 is 1.76 bits per heavy atom. The summed E-state index contributed by atoms with van der Waals surface area (Å²) in [6.07, 6.45) is -5.35. The summed E-state index contributed by atoms with van der Waals surface area (Å²) in [5.41, 5.74) is -0.493. The summed E-state index contributed by atoms with van der Waals surface area (Å²) in [7, 11) is 0. The van der Waals surface area contributed by atoms with Gasteiger partial charge in [0.05, 0.1) is 6.07 Å². The van der Waals surface area contributed by atoms with Crippen molar-refractivity contribution in [1.29, 1.82) is 5.26 Å². The molecule has 1 saturated heterocycles. The van der Waals surface area contributed by atoms with Crippen LogP contribution in [0.1, 0.15) is 30.9 Å². The van der Waals surface area contributed by atoms with Gasteiger partial charge in [0.2, 0.25) is 0 Å². The normalized spacial score (nSPS) is 25.0. The predicted molar refractivity (Wildman–Crippen MR) is 116 cm³/mol. The fourth-order valence-corrected chi connectivity index (χ4v) is 4.78. The number of ether oxygens (including phenoxy) is 1. The Morgan fingerprint density at radius 1 is 1.12 bits per heavy atom. The van der Waals surface area contributed by atoms with E-state index < -0.39 is 41.5 Å². The molecule has 1 N–H and O–H groups in total. The molecule has 0 aliphatic carbocycles. The van der Waals surface area contributed by atoms with Crippen molar-refractivity contribution >= 4 is 35.1 Å². The zero-order valence-corrected chi connectivity index (χ0v) is 19.0. The van der Waals surface area contributed by atoms with E-state index in [1.54, 1.807) is 42.5 Å². The van der Waals surface area contributed by atoms with Crippen LogP contribution in [-0.2, 0) is 19.7 Å². The van der Waals surface area contributed by atoms with Crippen LogP contribution in [0.3, 0.4) is 0 Å². The van der Waals surface area contributed by atoms with Gasteiger partial charge in [-0.3, -0.25) is 5.32 Å². The molecule has 3 rings (SSSR count). The van der Waals surface area contributed by atoms with Crippen molar-refractivity contribution in [2.24, 2.45) is 5.92 Å². The SMILES string of the molecule is CC(C)[C@@H]1N[C@@H](C(=O)OC(=O)C(F)(F)F)[C@H](c2cccc(Cl)c2)[C@@]1(C#N)c1ccc(Cl)cc1. The number of nitriles is 1. The van der Waals surface area contributed by atoms with Gasteiger partial charge < -0.3 is 4.74 Å². The topological polar surface area (TPSA) is 79.2 Å². The van der Waals surface area contributed by atoms with Gasteiger partial charge in [-0.1, -0.05) is 61.3 Å². The smallest absolute Gasteiger partial charge is 0.385 e. The molecule has 10 heteroatoms. The molecule has 0 saturated carbocycles. The summed E-state index contributed by atoms with van der Waals surface area (Å²) >= 11 is 12.2. The van der Waals surface area contributed by atoms with Crippen LogP contribution >= 0.6 is 23.2 Å². The summed E-state index contributed by atoms with van der Waals surface area (Å²) in [5.74, 6) is -5.32. The van der Waals surface area contributed by atoms with Crippen LogP contribution in [0.2, 0.25) is 10.0 Å². The van der Waals surface area contributed by atoms with Crippen molar-refractivity contribution in [2.75, 3.05) is 0 Å². The summed E-state index contributed by atoms with van der Waals surface area (Å²) in [6, 6.07) is 13.0. The third kappa shape index (κ3) is 4.72. The Labute approximate surface area is 198 Å². The van der Waals surface area contributed by atoms with Gasteiger partial charge in [-0.05, 0) is 41.3 Å². The Morgan fingerprint density at radius 3 is 2.27 bits per heavy atom. The molecule has 0 unspecified atom stereocenters. The standard InChI is InChI=1S/C23H19Cl2F3N2O3/c1-12(2)19-22(11-29,14-6-8-15(24)9-7-14)17(13-4-3-5-16(25)10-13)18(30-19)20(31)33-21(32)23(26,27)28/h3-10,12,17-19,30H,1-2H3/t17-,18+,19-,22+/m0/s1. The lowest BCUT2D eigenvalue weighted by molar-refractivity contribution is -0.202. The number of hydrogen-bond acceptors (Lipinski definition) is 5. The number of rotatable bonds is 4. The average Bonchev–Trinajstić information content (AvgIpc) is 3.10. The van der Waals surface area contributed by atoms with E-state index >= 15 is 0 Å². The zero-order chi connectivity index (χ0) is 24.6. The first kappa shape index (κ1) is 25.0. The largest absolute Gasteiger partial charge is 0.491 e. The fourth-order valence-electron chi connectivity index (χ4n) is 4.46. The van der Waals surface area contributed by atoms with Crippen molar-refractivity contribution in [3.8, 4) is 6.07 Å². The molecule has 0 bridgehead atoms. The van der Waals surface area contributed by atoms with Crippen LogP contribution < -0.4 is 5.32 Å². The van der Waals surface area contributed by atoms with Gasteiger partial charge in [-0.15, -0.1) is 0 Å². The molecular weight excluding hydrogens is 480 g/mol. The van der Waals surface area contributed by atoms with Gasteiger partial charge in [0, 0.05) is 22.0 Å². The Hall–Kier alpha value is -2.60. The minimum absolute atomic E-state index is 0.238. The molecule has 1 aliphatic heterocycles. The number of nitrogens with one attached hydrogen (secondary N) is 1. The van der Waals surface area contributed by atoms with Crippen molar-refractivity contribution < 1.29 is 27.5 Å². The van der Waals surface area contributed by atoms with E-state index in [0.717, 1.165) is 0 Å².